The van der Waals surface area contributed by atoms with E-state index in [0.717, 1.165) is 22.6 Å². The van der Waals surface area contributed by atoms with E-state index >= 15 is 0 Å². The van der Waals surface area contributed by atoms with Crippen LogP contribution in [0.4, 0.5) is 5.69 Å². The highest BCUT2D eigenvalue weighted by molar-refractivity contribution is 7.88. The number of hydrogen-bond donors (Lipinski definition) is 2. The number of halogens is 2. The third-order valence-corrected chi connectivity index (χ3v) is 10.6. The fourth-order valence-electron chi connectivity index (χ4n) is 4.49. The lowest BCUT2D eigenvalue weighted by atomic mass is 10.0. The summed E-state index contributed by atoms with van der Waals surface area (Å²) in [7, 11) is -2.33. The van der Waals surface area contributed by atoms with E-state index in [1.807, 2.05) is 24.3 Å². The maximum atomic E-state index is 13.0. The number of benzene rings is 2. The molecule has 2 aromatic carbocycles. The van der Waals surface area contributed by atoms with Crippen LogP contribution in [0.15, 0.2) is 42.5 Å². The number of nitrogens with one attached hydrogen (secondary N) is 1. The van der Waals surface area contributed by atoms with Gasteiger partial charge < -0.3 is 19.9 Å². The summed E-state index contributed by atoms with van der Waals surface area (Å²) >= 11 is 13.3. The van der Waals surface area contributed by atoms with Gasteiger partial charge in [-0.15, -0.1) is 11.3 Å². The van der Waals surface area contributed by atoms with Crippen LogP contribution in [0.5, 0.6) is 5.75 Å². The highest BCUT2D eigenvalue weighted by atomic mass is 35.5. The Balaban J connectivity index is 1.43. The van der Waals surface area contributed by atoms with Crippen LogP contribution in [0.3, 0.4) is 0 Å². The molecule has 4 rings (SSSR count). The molecule has 214 valence electrons. The lowest BCUT2D eigenvalue weighted by Crippen LogP contribution is -2.42. The van der Waals surface area contributed by atoms with Crippen LogP contribution in [-0.4, -0.2) is 62.6 Å². The summed E-state index contributed by atoms with van der Waals surface area (Å²) in [5.74, 6) is -1.82. The van der Waals surface area contributed by atoms with Gasteiger partial charge in [0.05, 0.1) is 22.9 Å². The molecule has 2 N–H and O–H groups in total. The lowest BCUT2D eigenvalue weighted by Gasteiger charge is -2.32. The monoisotopic (exact) mass is 626 g/mol. The molecule has 40 heavy (non-hydrogen) atoms. The molecule has 3 aromatic rings. The summed E-state index contributed by atoms with van der Waals surface area (Å²) in [4.78, 5) is 24.1. The molecule has 9 nitrogen and oxygen atoms in total. The van der Waals surface area contributed by atoms with Crippen LogP contribution in [0.1, 0.15) is 33.6 Å². The number of thiophene rings is 1. The first-order valence-corrected chi connectivity index (χ1v) is 15.5. The summed E-state index contributed by atoms with van der Waals surface area (Å²) in [6, 6.07) is 12.6. The van der Waals surface area contributed by atoms with E-state index < -0.39 is 28.6 Å². The smallest absolute Gasteiger partial charge is 0.349 e. The van der Waals surface area contributed by atoms with E-state index in [9.17, 15) is 23.1 Å². The average Bonchev–Trinajstić information content (AvgIpc) is 3.26. The van der Waals surface area contributed by atoms with Crippen LogP contribution in [0, 0.1) is 6.92 Å². The maximum absolute atomic E-state index is 13.0. The Morgan fingerprint density at radius 3 is 2.52 bits per heavy atom. The molecule has 13 heteroatoms. The quantitative estimate of drug-likeness (QED) is 0.275. The number of piperidine rings is 1. The highest BCUT2D eigenvalue weighted by Gasteiger charge is 2.29. The third kappa shape index (κ3) is 6.90. The Labute approximate surface area is 246 Å². The number of carboxylic acids is 1. The second kappa shape index (κ2) is 12.8. The second-order valence-electron chi connectivity index (χ2n) is 9.25. The standard InChI is InChI=1S/C27H28Cl2N2O7S2/c1-16-24(38-14-22(32)37-2)26(27(33)34)39-25(16)17-5-3-7-20(13-17)30-19-9-11-31(12-10-19)40(35,36)15-18-6-4-8-21(28)23(18)29/h3-8,13,19,30H,9-12,14-15H2,1-2H3,(H,33,34). The number of aromatic carboxylic acids is 1. The van der Waals surface area contributed by atoms with Crippen molar-refractivity contribution in [2.75, 3.05) is 32.1 Å². The number of carbonyl (C=O) groups excluding carboxylic acids is 1. The summed E-state index contributed by atoms with van der Waals surface area (Å²) < 4.78 is 37.6. The molecule has 0 radical (unpaired) electrons. The first-order valence-electron chi connectivity index (χ1n) is 12.3. The predicted molar refractivity (Wildman–Crippen MR) is 156 cm³/mol. The number of rotatable bonds is 10. The van der Waals surface area contributed by atoms with Gasteiger partial charge in [0.25, 0.3) is 0 Å². The number of sulfonamides is 1. The van der Waals surface area contributed by atoms with Crippen LogP contribution in [-0.2, 0) is 25.3 Å². The molecule has 0 spiro atoms. The Kier molecular flexibility index (Phi) is 9.63. The minimum absolute atomic E-state index is 0.00223. The Morgan fingerprint density at radius 1 is 1.15 bits per heavy atom. The van der Waals surface area contributed by atoms with Gasteiger partial charge in [0.1, 0.15) is 5.75 Å². The number of esters is 1. The number of hydrogen-bond acceptors (Lipinski definition) is 8. The van der Waals surface area contributed by atoms with Crippen molar-refractivity contribution >= 4 is 62.2 Å². The minimum Gasteiger partial charge on any atom is -0.480 e. The molecular formula is C27H28Cl2N2O7S2. The van der Waals surface area contributed by atoms with Crippen molar-refractivity contribution in [3.05, 3.63) is 68.5 Å². The van der Waals surface area contributed by atoms with Gasteiger partial charge in [-0.2, -0.15) is 0 Å². The van der Waals surface area contributed by atoms with E-state index in [1.54, 1.807) is 25.1 Å². The summed E-state index contributed by atoms with van der Waals surface area (Å²) in [6.07, 6.45) is 1.22. The van der Waals surface area contributed by atoms with Crippen molar-refractivity contribution in [2.24, 2.45) is 0 Å². The van der Waals surface area contributed by atoms with Gasteiger partial charge in [-0.3, -0.25) is 0 Å². The SMILES string of the molecule is COC(=O)COc1c(C(=O)O)sc(-c2cccc(NC3CCN(S(=O)(=O)Cc4cccc(Cl)c4Cl)CC3)c2)c1C. The molecule has 1 fully saturated rings. The van der Waals surface area contributed by atoms with E-state index in [-0.39, 0.29) is 27.4 Å². The van der Waals surface area contributed by atoms with Gasteiger partial charge in [-0.1, -0.05) is 47.5 Å². The van der Waals surface area contributed by atoms with Gasteiger partial charge in [0, 0.05) is 35.3 Å². The number of ether oxygens (including phenoxy) is 2. The van der Waals surface area contributed by atoms with E-state index in [0.29, 0.717) is 47.0 Å². The molecule has 0 atom stereocenters. The molecule has 0 aliphatic carbocycles. The fraction of sp³-hybridized carbons (Fsp3) is 0.333. The normalized spacial score (nSPS) is 14.6. The first kappa shape index (κ1) is 30.1. The van der Waals surface area contributed by atoms with Gasteiger partial charge >= 0.3 is 11.9 Å². The molecule has 0 unspecified atom stereocenters. The zero-order valence-electron chi connectivity index (χ0n) is 21.8. The molecule has 1 aliphatic heterocycles. The number of nitrogens with zero attached hydrogens (tertiary/aromatic N) is 1. The zero-order valence-corrected chi connectivity index (χ0v) is 24.9. The van der Waals surface area contributed by atoms with E-state index in [1.165, 1.54) is 11.4 Å². The van der Waals surface area contributed by atoms with E-state index in [4.69, 9.17) is 27.9 Å². The van der Waals surface area contributed by atoms with E-state index in [2.05, 4.69) is 10.1 Å². The van der Waals surface area contributed by atoms with Crippen LogP contribution in [0.2, 0.25) is 10.0 Å². The summed E-state index contributed by atoms with van der Waals surface area (Å²) in [5.41, 5.74) is 2.70. The Morgan fingerprint density at radius 2 is 1.85 bits per heavy atom. The summed E-state index contributed by atoms with van der Waals surface area (Å²) in [5, 5.41) is 13.7. The molecule has 1 aromatic heterocycles. The van der Waals surface area contributed by atoms with Crippen molar-refractivity contribution < 1.29 is 32.6 Å². The average molecular weight is 628 g/mol. The van der Waals surface area contributed by atoms with Crippen molar-refractivity contribution in [3.8, 4) is 16.2 Å². The first-order chi connectivity index (χ1) is 19.0. The molecule has 0 saturated carbocycles. The molecule has 2 heterocycles. The molecule has 1 saturated heterocycles. The Bertz CT molecular complexity index is 1520. The Hall–Kier alpha value is -2.83. The predicted octanol–water partition coefficient (Wildman–Crippen LogP) is 5.69. The lowest BCUT2D eigenvalue weighted by molar-refractivity contribution is -0.142. The molecule has 0 amide bonds. The van der Waals surface area contributed by atoms with Crippen molar-refractivity contribution in [2.45, 2.75) is 31.6 Å². The largest absolute Gasteiger partial charge is 0.480 e. The second-order valence-corrected chi connectivity index (χ2v) is 13.0. The van der Waals surface area contributed by atoms with Crippen molar-refractivity contribution in [1.29, 1.82) is 0 Å². The number of anilines is 1. The third-order valence-electron chi connectivity index (χ3n) is 6.56. The summed E-state index contributed by atoms with van der Waals surface area (Å²) in [6.45, 7) is 2.09. The highest BCUT2D eigenvalue weighted by Crippen LogP contribution is 2.42. The van der Waals surface area contributed by atoms with Crippen LogP contribution in [0.25, 0.3) is 10.4 Å². The minimum atomic E-state index is -3.57. The number of carboxylic acid groups (broad SMARTS) is 1. The maximum Gasteiger partial charge on any atom is 0.349 e. The number of methoxy groups -OCH3 is 1. The molecule has 1 aliphatic rings. The van der Waals surface area contributed by atoms with Crippen LogP contribution >= 0.6 is 34.5 Å². The topological polar surface area (TPSA) is 122 Å². The molecular weight excluding hydrogens is 599 g/mol. The zero-order chi connectivity index (χ0) is 29.0. The van der Waals surface area contributed by atoms with Gasteiger partial charge in [0.15, 0.2) is 11.5 Å². The van der Waals surface area contributed by atoms with Gasteiger partial charge in [-0.05, 0) is 49.1 Å². The fourth-order valence-corrected chi connectivity index (χ4v) is 7.63. The van der Waals surface area contributed by atoms with Gasteiger partial charge in [0.2, 0.25) is 10.0 Å². The van der Waals surface area contributed by atoms with Crippen LogP contribution < -0.4 is 10.1 Å². The van der Waals surface area contributed by atoms with Crippen molar-refractivity contribution in [3.63, 3.8) is 0 Å². The van der Waals surface area contributed by atoms with Gasteiger partial charge in [-0.25, -0.2) is 22.3 Å². The van der Waals surface area contributed by atoms with Crippen molar-refractivity contribution in [1.82, 2.24) is 4.31 Å². The number of carbonyl (C=O) groups is 2. The molecule has 0 bridgehead atoms.